The molecule has 0 bridgehead atoms. The van der Waals surface area contributed by atoms with E-state index in [1.807, 2.05) is 6.20 Å². The molecule has 1 aromatic heterocycles. The van der Waals surface area contributed by atoms with E-state index in [0.29, 0.717) is 6.04 Å². The van der Waals surface area contributed by atoms with Crippen LogP contribution in [0, 0.1) is 0 Å². The van der Waals surface area contributed by atoms with Gasteiger partial charge in [-0.15, -0.1) is 0 Å². The van der Waals surface area contributed by atoms with Crippen LogP contribution in [0.25, 0.3) is 0 Å². The van der Waals surface area contributed by atoms with Gasteiger partial charge < -0.3 is 19.3 Å². The zero-order chi connectivity index (χ0) is 16.6. The van der Waals surface area contributed by atoms with Crippen LogP contribution in [0.5, 0.6) is 0 Å². The molecule has 1 aromatic rings. The van der Waals surface area contributed by atoms with Gasteiger partial charge in [-0.25, -0.2) is 4.98 Å². The third-order valence-electron chi connectivity index (χ3n) is 5.06. The Morgan fingerprint density at radius 3 is 2.83 bits per heavy atom. The number of rotatable bonds is 7. The Hall–Kier alpha value is -1.24. The molecule has 2 aliphatic heterocycles. The number of hydrogen-bond donors (Lipinski definition) is 0. The zero-order valence-electron chi connectivity index (χ0n) is 14.8. The lowest BCUT2D eigenvalue weighted by molar-refractivity contribution is -0.163. The Kier molecular flexibility index (Phi) is 6.81. The Morgan fingerprint density at radius 2 is 2.12 bits per heavy atom. The summed E-state index contributed by atoms with van der Waals surface area (Å²) in [7, 11) is 2.24. The molecule has 0 radical (unpaired) electrons. The SMILES string of the molecule is CN(CCCOC1CCCCO1)C1CCN(c2cnccn2)CC1. The number of hydrogen-bond acceptors (Lipinski definition) is 6. The first-order valence-corrected chi connectivity index (χ1v) is 9.27. The number of piperidine rings is 1. The molecule has 6 heteroatoms. The monoisotopic (exact) mass is 334 g/mol. The molecule has 3 rings (SSSR count). The fourth-order valence-electron chi connectivity index (χ4n) is 3.54. The van der Waals surface area contributed by atoms with E-state index in [4.69, 9.17) is 9.47 Å². The molecule has 0 aromatic carbocycles. The van der Waals surface area contributed by atoms with E-state index in [0.717, 1.165) is 51.5 Å². The fraction of sp³-hybridized carbons (Fsp3) is 0.778. The van der Waals surface area contributed by atoms with E-state index in [1.165, 1.54) is 25.7 Å². The lowest BCUT2D eigenvalue weighted by atomic mass is 10.0. The largest absolute Gasteiger partial charge is 0.355 e. The summed E-state index contributed by atoms with van der Waals surface area (Å²) >= 11 is 0. The van der Waals surface area contributed by atoms with Crippen LogP contribution < -0.4 is 4.90 Å². The number of aromatic nitrogens is 2. The fourth-order valence-corrected chi connectivity index (χ4v) is 3.54. The van der Waals surface area contributed by atoms with Gasteiger partial charge in [-0.05, 0) is 45.6 Å². The maximum absolute atomic E-state index is 5.82. The van der Waals surface area contributed by atoms with Crippen LogP contribution in [0.4, 0.5) is 5.82 Å². The molecule has 0 saturated carbocycles. The quantitative estimate of drug-likeness (QED) is 0.713. The molecule has 0 N–H and O–H groups in total. The molecular weight excluding hydrogens is 304 g/mol. The molecule has 2 saturated heterocycles. The first-order valence-electron chi connectivity index (χ1n) is 9.27. The van der Waals surface area contributed by atoms with Crippen molar-refractivity contribution in [2.75, 3.05) is 44.8 Å². The molecule has 0 spiro atoms. The molecule has 134 valence electrons. The van der Waals surface area contributed by atoms with E-state index < -0.39 is 0 Å². The lowest BCUT2D eigenvalue weighted by Gasteiger charge is -2.37. The van der Waals surface area contributed by atoms with Crippen molar-refractivity contribution in [3.8, 4) is 0 Å². The Labute approximate surface area is 145 Å². The Balaban J connectivity index is 1.31. The van der Waals surface area contributed by atoms with Crippen LogP contribution in [-0.2, 0) is 9.47 Å². The summed E-state index contributed by atoms with van der Waals surface area (Å²) in [5.41, 5.74) is 0. The van der Waals surface area contributed by atoms with Gasteiger partial charge in [-0.1, -0.05) is 0 Å². The molecule has 1 atom stereocenters. The highest BCUT2D eigenvalue weighted by Gasteiger charge is 2.23. The topological polar surface area (TPSA) is 50.7 Å². The molecular formula is C18H30N4O2. The summed E-state index contributed by atoms with van der Waals surface area (Å²) < 4.78 is 11.4. The summed E-state index contributed by atoms with van der Waals surface area (Å²) in [6.07, 6.45) is 12.3. The van der Waals surface area contributed by atoms with Crippen molar-refractivity contribution in [2.45, 2.75) is 50.9 Å². The third kappa shape index (κ3) is 5.13. The van der Waals surface area contributed by atoms with E-state index in [2.05, 4.69) is 26.8 Å². The predicted octanol–water partition coefficient (Wildman–Crippen LogP) is 2.31. The Morgan fingerprint density at radius 1 is 1.25 bits per heavy atom. The maximum Gasteiger partial charge on any atom is 0.157 e. The predicted molar refractivity (Wildman–Crippen MR) is 94.1 cm³/mol. The van der Waals surface area contributed by atoms with Gasteiger partial charge in [0, 0.05) is 44.7 Å². The van der Waals surface area contributed by atoms with Crippen molar-refractivity contribution in [1.82, 2.24) is 14.9 Å². The Bertz CT molecular complexity index is 459. The lowest BCUT2D eigenvalue weighted by Crippen LogP contribution is -2.44. The highest BCUT2D eigenvalue weighted by molar-refractivity contribution is 5.35. The minimum Gasteiger partial charge on any atom is -0.355 e. The average molecular weight is 334 g/mol. The summed E-state index contributed by atoms with van der Waals surface area (Å²) in [6.45, 7) is 4.85. The van der Waals surface area contributed by atoms with Crippen LogP contribution in [-0.4, -0.2) is 67.1 Å². The molecule has 0 amide bonds. The third-order valence-corrected chi connectivity index (χ3v) is 5.06. The second-order valence-corrected chi connectivity index (χ2v) is 6.78. The number of nitrogens with zero attached hydrogens (tertiary/aromatic N) is 4. The van der Waals surface area contributed by atoms with E-state index in [-0.39, 0.29) is 6.29 Å². The zero-order valence-corrected chi connectivity index (χ0v) is 14.8. The standard InChI is InChI=1S/C18H30N4O2/c1-21(10-4-14-24-18-5-2-3-13-23-18)16-6-11-22(12-7-16)17-15-19-8-9-20-17/h8-9,15-16,18H,2-7,10-14H2,1H3. The van der Waals surface area contributed by atoms with Gasteiger partial charge >= 0.3 is 0 Å². The summed E-state index contributed by atoms with van der Waals surface area (Å²) in [4.78, 5) is 13.4. The van der Waals surface area contributed by atoms with Crippen molar-refractivity contribution in [2.24, 2.45) is 0 Å². The normalized spacial score (nSPS) is 22.9. The molecule has 2 fully saturated rings. The summed E-state index contributed by atoms with van der Waals surface area (Å²) in [5, 5.41) is 0. The first kappa shape index (κ1) is 17.6. The van der Waals surface area contributed by atoms with Crippen molar-refractivity contribution in [3.05, 3.63) is 18.6 Å². The van der Waals surface area contributed by atoms with Gasteiger partial charge in [0.2, 0.25) is 0 Å². The van der Waals surface area contributed by atoms with Crippen LogP contribution in [0.3, 0.4) is 0 Å². The molecule has 6 nitrogen and oxygen atoms in total. The first-order chi connectivity index (χ1) is 11.8. The molecule has 2 aliphatic rings. The maximum atomic E-state index is 5.82. The van der Waals surface area contributed by atoms with Crippen LogP contribution in [0.2, 0.25) is 0 Å². The van der Waals surface area contributed by atoms with Gasteiger partial charge in [0.15, 0.2) is 6.29 Å². The van der Waals surface area contributed by atoms with Crippen LogP contribution >= 0.6 is 0 Å². The van der Waals surface area contributed by atoms with Gasteiger partial charge in [-0.2, -0.15) is 0 Å². The van der Waals surface area contributed by atoms with Gasteiger partial charge in [0.05, 0.1) is 12.8 Å². The highest BCUT2D eigenvalue weighted by atomic mass is 16.7. The van der Waals surface area contributed by atoms with Crippen LogP contribution in [0.15, 0.2) is 18.6 Å². The molecule has 24 heavy (non-hydrogen) atoms. The van der Waals surface area contributed by atoms with Crippen molar-refractivity contribution in [3.63, 3.8) is 0 Å². The van der Waals surface area contributed by atoms with Gasteiger partial charge in [0.1, 0.15) is 5.82 Å². The van der Waals surface area contributed by atoms with E-state index in [1.54, 1.807) is 12.4 Å². The minimum absolute atomic E-state index is 0.0410. The summed E-state index contributed by atoms with van der Waals surface area (Å²) in [6, 6.07) is 0.656. The number of anilines is 1. The van der Waals surface area contributed by atoms with Gasteiger partial charge in [0.25, 0.3) is 0 Å². The van der Waals surface area contributed by atoms with E-state index in [9.17, 15) is 0 Å². The second-order valence-electron chi connectivity index (χ2n) is 6.78. The number of ether oxygens (including phenoxy) is 2. The van der Waals surface area contributed by atoms with Crippen LogP contribution in [0.1, 0.15) is 38.5 Å². The second kappa shape index (κ2) is 9.30. The molecule has 3 heterocycles. The van der Waals surface area contributed by atoms with Gasteiger partial charge in [-0.3, -0.25) is 4.98 Å². The van der Waals surface area contributed by atoms with E-state index >= 15 is 0 Å². The van der Waals surface area contributed by atoms with Crippen molar-refractivity contribution >= 4 is 5.82 Å². The van der Waals surface area contributed by atoms with Crippen molar-refractivity contribution in [1.29, 1.82) is 0 Å². The average Bonchev–Trinajstić information content (AvgIpc) is 2.67. The minimum atomic E-state index is 0.0410. The smallest absolute Gasteiger partial charge is 0.157 e. The highest BCUT2D eigenvalue weighted by Crippen LogP contribution is 2.20. The molecule has 1 unspecified atom stereocenters. The molecule has 0 aliphatic carbocycles. The summed E-state index contributed by atoms with van der Waals surface area (Å²) in [5.74, 6) is 1.000. The van der Waals surface area contributed by atoms with Crippen molar-refractivity contribution < 1.29 is 9.47 Å².